The van der Waals surface area contributed by atoms with E-state index in [9.17, 15) is 9.59 Å². The first-order valence-corrected chi connectivity index (χ1v) is 25.4. The number of esters is 2. The summed E-state index contributed by atoms with van der Waals surface area (Å²) >= 11 is 0. The van der Waals surface area contributed by atoms with E-state index >= 15 is 0 Å². The predicted molar refractivity (Wildman–Crippen MR) is 245 cm³/mol. The summed E-state index contributed by atoms with van der Waals surface area (Å²) in [5, 5.41) is 4.30. The van der Waals surface area contributed by atoms with Crippen LogP contribution in [0.3, 0.4) is 0 Å². The summed E-state index contributed by atoms with van der Waals surface area (Å²) in [7, 11) is -0.356. The molecule has 4 nitrogen and oxygen atoms in total. The van der Waals surface area contributed by atoms with Crippen molar-refractivity contribution in [1.29, 1.82) is 0 Å². The van der Waals surface area contributed by atoms with Crippen LogP contribution in [-0.4, -0.2) is 31.3 Å². The number of rotatable bonds is 10. The number of carbonyl (C=O) groups is 2. The molecule has 0 spiro atoms. The number of ether oxygens (including phenoxy) is 2. The fourth-order valence-corrected chi connectivity index (χ4v) is 20.8. The fourth-order valence-electron chi connectivity index (χ4n) is 16.5. The molecule has 3 aromatic carbocycles. The maximum absolute atomic E-state index is 13.9. The van der Waals surface area contributed by atoms with E-state index in [0.29, 0.717) is 35.5 Å². The van der Waals surface area contributed by atoms with Gasteiger partial charge < -0.3 is 9.47 Å². The van der Waals surface area contributed by atoms with Crippen molar-refractivity contribution in [3.8, 4) is 0 Å². The Morgan fingerprint density at radius 2 is 1.29 bits per heavy atom. The molecule has 5 saturated carbocycles. The van der Waals surface area contributed by atoms with E-state index in [-0.39, 0.29) is 51.0 Å². The van der Waals surface area contributed by atoms with Crippen molar-refractivity contribution in [2.24, 2.45) is 68.5 Å². The minimum Gasteiger partial charge on any atom is -0.469 e. The average Bonchev–Trinajstić information content (AvgIpc) is 3.63. The summed E-state index contributed by atoms with van der Waals surface area (Å²) in [5.74, 6) is 3.37. The molecule has 0 aliphatic heterocycles. The second kappa shape index (κ2) is 15.7. The lowest BCUT2D eigenvalue weighted by Gasteiger charge is -2.73. The van der Waals surface area contributed by atoms with Gasteiger partial charge >= 0.3 is 11.9 Å². The van der Waals surface area contributed by atoms with E-state index < -0.39 is 7.26 Å². The Balaban J connectivity index is 1.14. The molecule has 0 bridgehead atoms. The monoisotopic (exact) mass is 818 g/mol. The van der Waals surface area contributed by atoms with Gasteiger partial charge in [-0.25, -0.2) is 0 Å². The van der Waals surface area contributed by atoms with Crippen LogP contribution in [0.1, 0.15) is 126 Å². The topological polar surface area (TPSA) is 52.6 Å². The van der Waals surface area contributed by atoms with Crippen molar-refractivity contribution < 1.29 is 19.1 Å². The number of benzene rings is 3. The van der Waals surface area contributed by atoms with Crippen LogP contribution in [0.5, 0.6) is 0 Å². The molecule has 5 aliphatic carbocycles. The lowest BCUT2D eigenvalue weighted by molar-refractivity contribution is -0.261. The summed E-state index contributed by atoms with van der Waals surface area (Å²) in [6, 6.07) is 33.9. The largest absolute Gasteiger partial charge is 0.469 e. The molecule has 11 atom stereocenters. The zero-order valence-electron chi connectivity index (χ0n) is 37.8. The maximum atomic E-state index is 13.9. The molecule has 8 rings (SSSR count). The lowest BCUT2D eigenvalue weighted by atomic mass is 9.31. The minimum absolute atomic E-state index is 0.0716. The molecule has 318 valence electrons. The quantitative estimate of drug-likeness (QED) is 0.151. The van der Waals surface area contributed by atoms with E-state index in [1.807, 2.05) is 0 Å². The Bertz CT molecular complexity index is 1860. The molecule has 5 heteroatoms. The van der Waals surface area contributed by atoms with Crippen LogP contribution in [0.25, 0.3) is 0 Å². The van der Waals surface area contributed by atoms with Gasteiger partial charge in [0.15, 0.2) is 0 Å². The molecule has 5 fully saturated rings. The highest BCUT2D eigenvalue weighted by Gasteiger charge is 2.73. The van der Waals surface area contributed by atoms with Crippen LogP contribution >= 0.6 is 7.26 Å². The third kappa shape index (κ3) is 6.52. The highest BCUT2D eigenvalue weighted by atomic mass is 31.2. The summed E-state index contributed by atoms with van der Waals surface area (Å²) in [4.78, 5) is 26.9. The van der Waals surface area contributed by atoms with Crippen LogP contribution in [0.4, 0.5) is 0 Å². The van der Waals surface area contributed by atoms with Gasteiger partial charge in [-0.2, -0.15) is 0 Å². The van der Waals surface area contributed by atoms with Crippen molar-refractivity contribution in [3.05, 3.63) is 91.0 Å². The first-order valence-electron chi connectivity index (χ1n) is 23.4. The first-order chi connectivity index (χ1) is 28.1. The van der Waals surface area contributed by atoms with Gasteiger partial charge in [0.05, 0.1) is 18.7 Å². The van der Waals surface area contributed by atoms with Gasteiger partial charge in [-0.15, -0.1) is 0 Å². The third-order valence-corrected chi connectivity index (χ3v) is 23.4. The molecule has 0 heterocycles. The number of fused-ring (bicyclic) bond motifs is 7. The average molecular weight is 818 g/mol. The molecule has 5 aliphatic rings. The molecule has 0 radical (unpaired) electrons. The Kier molecular flexibility index (Phi) is 11.4. The van der Waals surface area contributed by atoms with Crippen molar-refractivity contribution >= 4 is 35.1 Å². The number of hydrogen-bond donors (Lipinski definition) is 0. The Morgan fingerprint density at radius 1 is 0.712 bits per heavy atom. The summed E-state index contributed by atoms with van der Waals surface area (Å²) in [6.45, 7) is 19.4. The van der Waals surface area contributed by atoms with Gasteiger partial charge in [-0.05, 0) is 165 Å². The van der Waals surface area contributed by atoms with Gasteiger partial charge in [-0.3, -0.25) is 9.59 Å². The SMILES string of the molecule is COC(=O)[C@]12CCC(C(C)C)C1C1CCC3[C@@]4(C)C[C@H](CCC[P+](c5ccccc5)(c5ccccc5)c5ccccc5)[C@@H](OC(C)=O)C(C)(C)C4CC[C@@]3(C)[C@]1(C)CC2. The standard InChI is InChI=1S/C54H74O4P/c1-37(2)43-29-32-54(49(56)57-9)34-33-52(7)44(47(43)54)27-28-46-51(6)36-39(48(58-38(3)55)50(4,5)45(51)30-31-53(46,52)8)20-19-35-59(40-21-13-10-14-22-40,41-23-15-11-16-24-41)42-25-17-12-18-26-42/h10-18,21-26,37,39,43-48H,19-20,27-36H2,1-9H3/q+1/t39-,43?,44?,45?,46?,47?,48+,51-,52+,53+,54-/m0/s1. The van der Waals surface area contributed by atoms with Gasteiger partial charge in [0.1, 0.15) is 29.3 Å². The van der Waals surface area contributed by atoms with Gasteiger partial charge in [0.2, 0.25) is 0 Å². The highest BCUT2D eigenvalue weighted by Crippen LogP contribution is 2.78. The van der Waals surface area contributed by atoms with Crippen molar-refractivity contribution in [1.82, 2.24) is 0 Å². The zero-order valence-corrected chi connectivity index (χ0v) is 38.7. The Hall–Kier alpha value is -2.97. The van der Waals surface area contributed by atoms with Gasteiger partial charge in [0.25, 0.3) is 0 Å². The zero-order chi connectivity index (χ0) is 42.0. The molecular formula is C54H74O4P+. The van der Waals surface area contributed by atoms with Gasteiger partial charge in [-0.1, -0.05) is 103 Å². The molecule has 0 saturated heterocycles. The van der Waals surface area contributed by atoms with Crippen LogP contribution in [-0.2, 0) is 19.1 Å². The van der Waals surface area contributed by atoms with Crippen molar-refractivity contribution in [3.63, 3.8) is 0 Å². The predicted octanol–water partition coefficient (Wildman–Crippen LogP) is 11.8. The smallest absolute Gasteiger partial charge is 0.312 e. The lowest BCUT2D eigenvalue weighted by Crippen LogP contribution is -2.68. The van der Waals surface area contributed by atoms with E-state index in [4.69, 9.17) is 9.47 Å². The Labute approximate surface area is 357 Å². The second-order valence-corrected chi connectivity index (χ2v) is 25.4. The third-order valence-electron chi connectivity index (χ3n) is 18.9. The van der Waals surface area contributed by atoms with Crippen LogP contribution in [0.2, 0.25) is 0 Å². The molecule has 5 unspecified atom stereocenters. The minimum atomic E-state index is -1.98. The van der Waals surface area contributed by atoms with E-state index in [1.165, 1.54) is 41.6 Å². The van der Waals surface area contributed by atoms with Crippen LogP contribution < -0.4 is 15.9 Å². The maximum Gasteiger partial charge on any atom is 0.312 e. The molecule has 0 N–H and O–H groups in total. The second-order valence-electron chi connectivity index (χ2n) is 21.8. The van der Waals surface area contributed by atoms with Crippen LogP contribution in [0, 0.1) is 68.5 Å². The van der Waals surface area contributed by atoms with E-state index in [1.54, 1.807) is 14.0 Å². The Morgan fingerprint density at radius 3 is 1.81 bits per heavy atom. The van der Waals surface area contributed by atoms with Crippen molar-refractivity contribution in [2.75, 3.05) is 13.3 Å². The molecule has 0 aromatic heterocycles. The highest BCUT2D eigenvalue weighted by molar-refractivity contribution is 7.95. The van der Waals surface area contributed by atoms with E-state index in [0.717, 1.165) is 51.1 Å². The molecule has 3 aromatic rings. The summed E-state index contributed by atoms with van der Waals surface area (Å²) < 4.78 is 12.2. The number of methoxy groups -OCH3 is 1. The molecule has 59 heavy (non-hydrogen) atoms. The van der Waals surface area contributed by atoms with Crippen molar-refractivity contribution in [2.45, 2.75) is 132 Å². The van der Waals surface area contributed by atoms with Gasteiger partial charge in [0, 0.05) is 12.3 Å². The van der Waals surface area contributed by atoms with Crippen LogP contribution in [0.15, 0.2) is 91.0 Å². The molecular weight excluding hydrogens is 744 g/mol. The normalized spacial score (nSPS) is 37.4. The van der Waals surface area contributed by atoms with E-state index in [2.05, 4.69) is 139 Å². The fraction of sp³-hybridized carbons (Fsp3) is 0.630. The number of carbonyl (C=O) groups excluding carboxylic acids is 2. The number of hydrogen-bond acceptors (Lipinski definition) is 4. The molecule has 0 amide bonds. The first kappa shape index (κ1) is 42.7. The summed E-state index contributed by atoms with van der Waals surface area (Å²) in [6.07, 6.45) is 13.3. The summed E-state index contributed by atoms with van der Waals surface area (Å²) in [5.41, 5.74) is 0.0106.